The lowest BCUT2D eigenvalue weighted by molar-refractivity contribution is -0.117. The Hall–Kier alpha value is -2.07. The van der Waals surface area contributed by atoms with Crippen LogP contribution in [-0.2, 0) is 14.8 Å². The molecule has 1 aliphatic rings. The van der Waals surface area contributed by atoms with E-state index in [1.165, 1.54) is 0 Å². The van der Waals surface area contributed by atoms with Gasteiger partial charge in [-0.1, -0.05) is 0 Å². The van der Waals surface area contributed by atoms with Gasteiger partial charge in [-0.2, -0.15) is 0 Å². The number of primary sulfonamides is 1. The van der Waals surface area contributed by atoms with E-state index in [9.17, 15) is 26.8 Å². The van der Waals surface area contributed by atoms with E-state index in [0.717, 1.165) is 11.0 Å². The standard InChI is InChI=1S/C12H12F2N2O5S/c13-7-2-8(14)11(12(18)19)9(3-7)16-4-6(1-10(16)17)5-22(15,20)21/h2-3,6H,1,4-5H2,(H,18,19)(H2,15,20,21). The van der Waals surface area contributed by atoms with Gasteiger partial charge in [-0.05, 0) is 6.07 Å². The van der Waals surface area contributed by atoms with Crippen molar-refractivity contribution in [2.45, 2.75) is 6.42 Å². The average Bonchev–Trinajstić information content (AvgIpc) is 2.65. The lowest BCUT2D eigenvalue weighted by Crippen LogP contribution is -2.29. The molecule has 0 aliphatic carbocycles. The number of aromatic carboxylic acids is 1. The highest BCUT2D eigenvalue weighted by molar-refractivity contribution is 7.89. The molecule has 0 aromatic heterocycles. The molecule has 1 aliphatic heterocycles. The molecule has 120 valence electrons. The number of hydrogen-bond donors (Lipinski definition) is 2. The van der Waals surface area contributed by atoms with Crippen molar-refractivity contribution in [1.82, 2.24) is 0 Å². The number of carboxylic acids is 1. The van der Waals surface area contributed by atoms with Crippen LogP contribution in [0.15, 0.2) is 12.1 Å². The Balaban J connectivity index is 2.40. The fourth-order valence-electron chi connectivity index (χ4n) is 2.44. The van der Waals surface area contributed by atoms with Crippen molar-refractivity contribution in [3.05, 3.63) is 29.3 Å². The zero-order valence-corrected chi connectivity index (χ0v) is 11.9. The van der Waals surface area contributed by atoms with Crippen LogP contribution in [-0.4, -0.2) is 37.7 Å². The molecule has 7 nitrogen and oxygen atoms in total. The number of halogens is 2. The van der Waals surface area contributed by atoms with Gasteiger partial charge >= 0.3 is 5.97 Å². The molecule has 0 radical (unpaired) electrons. The second-order valence-corrected chi connectivity index (χ2v) is 6.65. The molecule has 1 unspecified atom stereocenters. The molecule has 10 heteroatoms. The number of carbonyl (C=O) groups is 2. The number of nitrogens with zero attached hydrogens (tertiary/aromatic N) is 1. The summed E-state index contributed by atoms with van der Waals surface area (Å²) in [5.74, 6) is -5.78. The van der Waals surface area contributed by atoms with Gasteiger partial charge in [0.2, 0.25) is 15.9 Å². The zero-order chi connectivity index (χ0) is 16.7. The van der Waals surface area contributed by atoms with Crippen molar-refractivity contribution >= 4 is 27.6 Å². The third kappa shape index (κ3) is 3.39. The highest BCUT2D eigenvalue weighted by Crippen LogP contribution is 2.31. The van der Waals surface area contributed by atoms with E-state index in [2.05, 4.69) is 0 Å². The summed E-state index contributed by atoms with van der Waals surface area (Å²) in [7, 11) is -3.82. The summed E-state index contributed by atoms with van der Waals surface area (Å²) in [6.07, 6.45) is -0.201. The second-order valence-electron chi connectivity index (χ2n) is 4.99. The highest BCUT2D eigenvalue weighted by atomic mass is 32.2. The van der Waals surface area contributed by atoms with Crippen LogP contribution in [0.25, 0.3) is 0 Å². The monoisotopic (exact) mass is 334 g/mol. The van der Waals surface area contributed by atoms with Crippen molar-refractivity contribution in [3.63, 3.8) is 0 Å². The number of sulfonamides is 1. The van der Waals surface area contributed by atoms with Gasteiger partial charge in [0, 0.05) is 24.9 Å². The number of anilines is 1. The van der Waals surface area contributed by atoms with Crippen LogP contribution in [0.2, 0.25) is 0 Å². The van der Waals surface area contributed by atoms with Crippen molar-refractivity contribution < 1.29 is 31.9 Å². The molecule has 1 fully saturated rings. The van der Waals surface area contributed by atoms with Crippen LogP contribution >= 0.6 is 0 Å². The van der Waals surface area contributed by atoms with E-state index >= 15 is 0 Å². The average molecular weight is 334 g/mol. The summed E-state index contributed by atoms with van der Waals surface area (Å²) in [6, 6.07) is 1.12. The summed E-state index contributed by atoms with van der Waals surface area (Å²) in [5, 5.41) is 13.9. The molecule has 0 spiro atoms. The molecule has 2 rings (SSSR count). The van der Waals surface area contributed by atoms with Crippen LogP contribution in [0.4, 0.5) is 14.5 Å². The van der Waals surface area contributed by atoms with Gasteiger partial charge in [0.05, 0.1) is 11.4 Å². The molecule has 1 amide bonds. The van der Waals surface area contributed by atoms with Crippen LogP contribution < -0.4 is 10.0 Å². The van der Waals surface area contributed by atoms with E-state index in [4.69, 9.17) is 10.2 Å². The Morgan fingerprint density at radius 2 is 2.05 bits per heavy atom. The second kappa shape index (κ2) is 5.61. The van der Waals surface area contributed by atoms with E-state index in [0.29, 0.717) is 6.07 Å². The molecular formula is C12H12F2N2O5S. The fraction of sp³-hybridized carbons (Fsp3) is 0.333. The molecule has 22 heavy (non-hydrogen) atoms. The first kappa shape index (κ1) is 16.3. The maximum atomic E-state index is 13.6. The largest absolute Gasteiger partial charge is 0.478 e. The molecular weight excluding hydrogens is 322 g/mol. The summed E-state index contributed by atoms with van der Waals surface area (Å²) < 4.78 is 49.1. The number of nitrogens with two attached hydrogens (primary N) is 1. The Morgan fingerprint density at radius 1 is 1.41 bits per heavy atom. The number of carbonyl (C=O) groups excluding carboxylic acids is 1. The third-order valence-electron chi connectivity index (χ3n) is 3.21. The van der Waals surface area contributed by atoms with Crippen LogP contribution in [0.1, 0.15) is 16.8 Å². The fourth-order valence-corrected chi connectivity index (χ4v) is 3.32. The minimum absolute atomic E-state index is 0.182. The number of hydrogen-bond acceptors (Lipinski definition) is 4. The van der Waals surface area contributed by atoms with Crippen molar-refractivity contribution in [2.24, 2.45) is 11.1 Å². The van der Waals surface area contributed by atoms with Crippen LogP contribution in [0, 0.1) is 17.6 Å². The van der Waals surface area contributed by atoms with Gasteiger partial charge in [0.25, 0.3) is 0 Å². The molecule has 0 bridgehead atoms. The third-order valence-corrected chi connectivity index (χ3v) is 4.15. The van der Waals surface area contributed by atoms with E-state index < -0.39 is 56.5 Å². The van der Waals surface area contributed by atoms with Gasteiger partial charge in [-0.25, -0.2) is 27.1 Å². The van der Waals surface area contributed by atoms with E-state index in [-0.39, 0.29) is 13.0 Å². The Kier molecular flexibility index (Phi) is 4.16. The SMILES string of the molecule is NS(=O)(=O)CC1CC(=O)N(c2cc(F)cc(F)c2C(=O)O)C1. The quantitative estimate of drug-likeness (QED) is 0.821. The minimum Gasteiger partial charge on any atom is -0.478 e. The topological polar surface area (TPSA) is 118 Å². The number of amides is 1. The predicted octanol–water partition coefficient (Wildman–Crippen LogP) is 0.304. The van der Waals surface area contributed by atoms with Gasteiger partial charge in [-0.15, -0.1) is 0 Å². The van der Waals surface area contributed by atoms with Gasteiger partial charge in [0.1, 0.15) is 17.2 Å². The highest BCUT2D eigenvalue weighted by Gasteiger charge is 2.35. The molecule has 1 aromatic carbocycles. The summed E-state index contributed by atoms with van der Waals surface area (Å²) in [6.45, 7) is -0.182. The molecule has 1 saturated heterocycles. The van der Waals surface area contributed by atoms with Gasteiger partial charge in [0.15, 0.2) is 0 Å². The predicted molar refractivity (Wildman–Crippen MR) is 71.8 cm³/mol. The van der Waals surface area contributed by atoms with E-state index in [1.54, 1.807) is 0 Å². The number of benzene rings is 1. The van der Waals surface area contributed by atoms with Crippen molar-refractivity contribution in [1.29, 1.82) is 0 Å². The van der Waals surface area contributed by atoms with Crippen molar-refractivity contribution in [2.75, 3.05) is 17.2 Å². The Morgan fingerprint density at radius 3 is 2.59 bits per heavy atom. The molecule has 1 atom stereocenters. The maximum absolute atomic E-state index is 13.6. The smallest absolute Gasteiger partial charge is 0.340 e. The van der Waals surface area contributed by atoms with Gasteiger partial charge in [-0.3, -0.25) is 4.79 Å². The lowest BCUT2D eigenvalue weighted by Gasteiger charge is -2.19. The van der Waals surface area contributed by atoms with Gasteiger partial charge < -0.3 is 10.0 Å². The van der Waals surface area contributed by atoms with E-state index in [1.807, 2.05) is 0 Å². The maximum Gasteiger partial charge on any atom is 0.340 e. The normalized spacial score (nSPS) is 18.8. The first-order valence-corrected chi connectivity index (χ1v) is 7.83. The first-order chi connectivity index (χ1) is 10.1. The van der Waals surface area contributed by atoms with Crippen LogP contribution in [0.5, 0.6) is 0 Å². The summed E-state index contributed by atoms with van der Waals surface area (Å²) in [4.78, 5) is 23.9. The Labute approximate surface area is 124 Å². The Bertz CT molecular complexity index is 750. The molecule has 1 aromatic rings. The van der Waals surface area contributed by atoms with Crippen LogP contribution in [0.3, 0.4) is 0 Å². The number of carboxylic acid groups (broad SMARTS) is 1. The zero-order valence-electron chi connectivity index (χ0n) is 11.1. The van der Waals surface area contributed by atoms with Crippen molar-refractivity contribution in [3.8, 4) is 0 Å². The molecule has 3 N–H and O–H groups in total. The summed E-state index contributed by atoms with van der Waals surface area (Å²) >= 11 is 0. The number of rotatable bonds is 4. The lowest BCUT2D eigenvalue weighted by atomic mass is 10.1. The molecule has 1 heterocycles. The molecule has 0 saturated carbocycles. The first-order valence-electron chi connectivity index (χ1n) is 6.11. The minimum atomic E-state index is -3.82. The summed E-state index contributed by atoms with van der Waals surface area (Å²) in [5.41, 5.74) is -1.28.